The summed E-state index contributed by atoms with van der Waals surface area (Å²) in [6.45, 7) is 3.37. The number of anilines is 3. The van der Waals surface area contributed by atoms with E-state index in [2.05, 4.69) is 20.3 Å². The van der Waals surface area contributed by atoms with Gasteiger partial charge in [-0.2, -0.15) is 26.3 Å². The van der Waals surface area contributed by atoms with Gasteiger partial charge in [0.2, 0.25) is 0 Å². The van der Waals surface area contributed by atoms with Crippen LogP contribution >= 0.6 is 11.8 Å². The topological polar surface area (TPSA) is 129 Å². The Bertz CT molecular complexity index is 1400. The summed E-state index contributed by atoms with van der Waals surface area (Å²) in [6.07, 6.45) is 1.10. The first-order valence-electron chi connectivity index (χ1n) is 11.3. The lowest BCUT2D eigenvalue weighted by atomic mass is 10.0. The number of benzene rings is 1. The third kappa shape index (κ3) is 8.06. The number of nitrogens with zero attached hydrogens (tertiary/aromatic N) is 5. The Labute approximate surface area is 232 Å². The van der Waals surface area contributed by atoms with Gasteiger partial charge in [-0.3, -0.25) is 9.78 Å². The molecule has 3 amide bonds. The van der Waals surface area contributed by atoms with E-state index in [9.17, 15) is 35.9 Å². The maximum Gasteiger partial charge on any atom is 0.490 e. The fourth-order valence-corrected chi connectivity index (χ4v) is 3.98. The number of pyridine rings is 1. The lowest BCUT2D eigenvalue weighted by molar-refractivity contribution is -0.192. The normalized spacial score (nSPS) is 14.9. The second-order valence-corrected chi connectivity index (χ2v) is 9.82. The van der Waals surface area contributed by atoms with Crippen LogP contribution in [0.4, 0.5) is 48.5 Å². The zero-order valence-corrected chi connectivity index (χ0v) is 21.9. The van der Waals surface area contributed by atoms with E-state index < -0.39 is 35.1 Å². The summed E-state index contributed by atoms with van der Waals surface area (Å²) >= 11 is -0.261. The van der Waals surface area contributed by atoms with Crippen molar-refractivity contribution in [2.75, 3.05) is 10.2 Å². The molecular weight excluding hydrogens is 582 g/mol. The molecule has 0 atom stereocenters. The lowest BCUT2D eigenvalue weighted by Crippen LogP contribution is -2.43. The van der Waals surface area contributed by atoms with Crippen molar-refractivity contribution < 1.29 is 45.8 Å². The van der Waals surface area contributed by atoms with Crippen LogP contribution in [0.3, 0.4) is 0 Å². The summed E-state index contributed by atoms with van der Waals surface area (Å²) in [5.41, 5.74) is -4.67. The Morgan fingerprint density at radius 1 is 0.976 bits per heavy atom. The highest BCUT2D eigenvalue weighted by Crippen LogP contribution is 2.39. The Hall–Kier alpha value is -4.41. The van der Waals surface area contributed by atoms with Gasteiger partial charge in [0, 0.05) is 30.0 Å². The number of hydrogen-bond donors (Lipinski definition) is 2. The molecule has 4 rings (SSSR count). The predicted molar refractivity (Wildman–Crippen MR) is 134 cm³/mol. The number of amides is 3. The molecule has 218 valence electrons. The predicted octanol–water partition coefficient (Wildman–Crippen LogP) is 5.61. The van der Waals surface area contributed by atoms with E-state index in [1.807, 2.05) is 0 Å². The summed E-state index contributed by atoms with van der Waals surface area (Å²) in [5.74, 6) is -2.24. The molecule has 3 aromatic rings. The van der Waals surface area contributed by atoms with Crippen LogP contribution in [-0.4, -0.2) is 60.1 Å². The number of thioether (sulfide) groups is 1. The van der Waals surface area contributed by atoms with Crippen molar-refractivity contribution in [3.8, 4) is 0 Å². The average molecular weight is 603 g/mol. The van der Waals surface area contributed by atoms with Crippen LogP contribution < -0.4 is 10.2 Å². The van der Waals surface area contributed by atoms with Crippen molar-refractivity contribution in [1.82, 2.24) is 19.9 Å². The van der Waals surface area contributed by atoms with E-state index in [0.29, 0.717) is 11.6 Å². The first-order chi connectivity index (χ1) is 19.0. The third-order valence-corrected chi connectivity index (χ3v) is 6.12. The number of aromatic nitrogens is 3. The molecule has 0 bridgehead atoms. The molecule has 17 heteroatoms. The van der Waals surface area contributed by atoms with Gasteiger partial charge in [0.1, 0.15) is 17.2 Å². The minimum absolute atomic E-state index is 0.0358. The molecule has 0 aliphatic carbocycles. The van der Waals surface area contributed by atoms with Crippen molar-refractivity contribution in [3.05, 3.63) is 66.7 Å². The van der Waals surface area contributed by atoms with Gasteiger partial charge in [-0.15, -0.1) is 0 Å². The van der Waals surface area contributed by atoms with E-state index >= 15 is 0 Å². The summed E-state index contributed by atoms with van der Waals surface area (Å²) in [4.78, 5) is 49.9. The second-order valence-electron chi connectivity index (χ2n) is 8.68. The van der Waals surface area contributed by atoms with Crippen LogP contribution in [0, 0.1) is 0 Å². The molecule has 41 heavy (non-hydrogen) atoms. The number of hydrogen-bond acceptors (Lipinski definition) is 8. The maximum absolute atomic E-state index is 13.2. The van der Waals surface area contributed by atoms with E-state index in [1.54, 1.807) is 38.4 Å². The Kier molecular flexibility index (Phi) is 9.10. The number of alkyl halides is 6. The highest BCUT2D eigenvalue weighted by Gasteiger charge is 2.51. The summed E-state index contributed by atoms with van der Waals surface area (Å²) in [5, 5.41) is 10.1. The van der Waals surface area contributed by atoms with Crippen molar-refractivity contribution in [1.29, 1.82) is 0 Å². The number of imide groups is 1. The molecule has 10 nitrogen and oxygen atoms in total. The van der Waals surface area contributed by atoms with Crippen LogP contribution in [0.2, 0.25) is 0 Å². The van der Waals surface area contributed by atoms with Gasteiger partial charge in [0.15, 0.2) is 0 Å². The summed E-state index contributed by atoms with van der Waals surface area (Å²) in [7, 11) is 0. The van der Waals surface area contributed by atoms with Crippen LogP contribution in [0.5, 0.6) is 0 Å². The third-order valence-electron chi connectivity index (χ3n) is 5.38. The number of carbonyl (C=O) groups is 3. The highest BCUT2D eigenvalue weighted by molar-refractivity contribution is 8.00. The lowest BCUT2D eigenvalue weighted by Gasteiger charge is -2.27. The van der Waals surface area contributed by atoms with Crippen LogP contribution in [0.15, 0.2) is 66.1 Å². The monoisotopic (exact) mass is 602 g/mol. The van der Waals surface area contributed by atoms with Gasteiger partial charge in [0.25, 0.3) is 5.91 Å². The zero-order chi connectivity index (χ0) is 30.6. The number of carboxylic acids is 1. The van der Waals surface area contributed by atoms with Crippen LogP contribution in [0.1, 0.15) is 19.4 Å². The molecule has 2 aromatic heterocycles. The number of carbonyl (C=O) groups excluding carboxylic acids is 2. The van der Waals surface area contributed by atoms with Crippen molar-refractivity contribution in [2.24, 2.45) is 0 Å². The Morgan fingerprint density at radius 2 is 1.59 bits per heavy atom. The van der Waals surface area contributed by atoms with Crippen molar-refractivity contribution >= 4 is 47.0 Å². The molecule has 2 N–H and O–H groups in total. The molecule has 1 saturated heterocycles. The molecule has 1 fully saturated rings. The van der Waals surface area contributed by atoms with Crippen molar-refractivity contribution in [2.45, 2.75) is 42.5 Å². The van der Waals surface area contributed by atoms with Crippen molar-refractivity contribution in [3.63, 3.8) is 0 Å². The average Bonchev–Trinajstić information content (AvgIpc) is 3.03. The largest absolute Gasteiger partial charge is 0.490 e. The molecular formula is C24H20F6N6O4S. The van der Waals surface area contributed by atoms with Gasteiger partial charge >= 0.3 is 23.7 Å². The first-order valence-corrected chi connectivity index (χ1v) is 12.1. The fraction of sp³-hybridized carbons (Fsp3) is 0.250. The molecule has 1 aliphatic rings. The number of halogens is 6. The van der Waals surface area contributed by atoms with Gasteiger partial charge in [0.05, 0.1) is 11.9 Å². The molecule has 1 aliphatic heterocycles. The number of carboxylic acid groups (broad SMARTS) is 1. The minimum Gasteiger partial charge on any atom is -0.475 e. The Balaban J connectivity index is 0.000000587. The molecule has 0 saturated carbocycles. The molecule has 3 heterocycles. The van der Waals surface area contributed by atoms with Crippen LogP contribution in [-0.2, 0) is 16.1 Å². The number of rotatable bonds is 6. The quantitative estimate of drug-likeness (QED) is 0.210. The molecule has 0 radical (unpaired) electrons. The van der Waals surface area contributed by atoms with Gasteiger partial charge in [-0.25, -0.2) is 24.5 Å². The van der Waals surface area contributed by atoms with E-state index in [1.165, 1.54) is 41.6 Å². The van der Waals surface area contributed by atoms with Gasteiger partial charge in [-0.05, 0) is 67.6 Å². The minimum atomic E-state index is -5.08. The second kappa shape index (κ2) is 12.0. The smallest absolute Gasteiger partial charge is 0.475 e. The molecule has 0 unspecified atom stereocenters. The van der Waals surface area contributed by atoms with Crippen LogP contribution in [0.25, 0.3) is 0 Å². The SMILES string of the molecule is CC1(C)C(=O)N(c2ccc(SC(F)(F)F)cc2)C(=O)N1Cc1ccnc(Nc2cnccn2)c1.O=C(O)C(F)(F)F. The van der Waals surface area contributed by atoms with Gasteiger partial charge in [-0.1, -0.05) is 0 Å². The number of aliphatic carboxylic acids is 1. The van der Waals surface area contributed by atoms with E-state index in [-0.39, 0.29) is 28.9 Å². The molecule has 1 aromatic carbocycles. The maximum atomic E-state index is 13.2. The standard InChI is InChI=1S/C22H19F3N6O2S.C2HF3O2/c1-21(2)19(32)31(15-3-5-16(6-4-15)34-22(23,24)25)20(33)30(21)13-14-7-8-27-17(11-14)29-18-12-26-9-10-28-18;3-2(4,5)1(6)7/h3-12H,13H2,1-2H3,(H,27,28,29);(H,6,7). The summed E-state index contributed by atoms with van der Waals surface area (Å²) < 4.78 is 69.5. The van der Waals surface area contributed by atoms with E-state index in [0.717, 1.165) is 10.5 Å². The fourth-order valence-electron chi connectivity index (χ4n) is 3.44. The first kappa shape index (κ1) is 31.1. The zero-order valence-electron chi connectivity index (χ0n) is 21.1. The van der Waals surface area contributed by atoms with E-state index in [4.69, 9.17) is 9.90 Å². The van der Waals surface area contributed by atoms with Gasteiger partial charge < -0.3 is 15.3 Å². The summed E-state index contributed by atoms with van der Waals surface area (Å²) in [6, 6.07) is 8.02. The number of urea groups is 1. The number of nitrogens with one attached hydrogen (secondary N) is 1. The molecule has 0 spiro atoms. The highest BCUT2D eigenvalue weighted by atomic mass is 32.2. The Morgan fingerprint density at radius 3 is 2.12 bits per heavy atom.